The Bertz CT molecular complexity index is 504. The summed E-state index contributed by atoms with van der Waals surface area (Å²) in [5, 5.41) is 22.5. The van der Waals surface area contributed by atoms with E-state index in [2.05, 4.69) is 10.1 Å². The van der Waals surface area contributed by atoms with Crippen molar-refractivity contribution in [2.45, 2.75) is 20.0 Å². The van der Waals surface area contributed by atoms with Gasteiger partial charge in [0.15, 0.2) is 5.82 Å². The highest BCUT2D eigenvalue weighted by Crippen LogP contribution is 2.27. The van der Waals surface area contributed by atoms with Gasteiger partial charge in [-0.3, -0.25) is 0 Å². The number of ether oxygens (including phenoxy) is 1. The number of aromatic hydroxyl groups is 2. The van der Waals surface area contributed by atoms with Crippen molar-refractivity contribution in [1.29, 1.82) is 0 Å². The van der Waals surface area contributed by atoms with Gasteiger partial charge in [0.2, 0.25) is 0 Å². The third kappa shape index (κ3) is 2.98. The maximum Gasteiger partial charge on any atom is 0.258 e. The standard InChI is InChI=1S/C12H14N2O4/c1-2-3-17-7-11-13-12(18-14-11)8-4-9(15)6-10(16)5-8/h4-6,15-16H,2-3,7H2,1H3. The summed E-state index contributed by atoms with van der Waals surface area (Å²) in [6, 6.07) is 4.10. The molecule has 0 spiro atoms. The molecular formula is C12H14N2O4. The second kappa shape index (κ2) is 5.50. The Morgan fingerprint density at radius 2 is 1.94 bits per heavy atom. The molecule has 1 aromatic carbocycles. The predicted molar refractivity (Wildman–Crippen MR) is 63.0 cm³/mol. The van der Waals surface area contributed by atoms with Crippen LogP contribution in [-0.4, -0.2) is 27.0 Å². The average Bonchev–Trinajstić information content (AvgIpc) is 2.77. The summed E-state index contributed by atoms with van der Waals surface area (Å²) < 4.78 is 10.3. The molecule has 2 rings (SSSR count). The topological polar surface area (TPSA) is 88.6 Å². The molecule has 6 heteroatoms. The molecule has 1 heterocycles. The fraction of sp³-hybridized carbons (Fsp3) is 0.333. The van der Waals surface area contributed by atoms with Crippen LogP contribution >= 0.6 is 0 Å². The number of rotatable bonds is 5. The Balaban J connectivity index is 2.13. The van der Waals surface area contributed by atoms with Gasteiger partial charge < -0.3 is 19.5 Å². The van der Waals surface area contributed by atoms with Crippen molar-refractivity contribution in [3.8, 4) is 23.0 Å². The van der Waals surface area contributed by atoms with Gasteiger partial charge in [-0.25, -0.2) is 0 Å². The van der Waals surface area contributed by atoms with Gasteiger partial charge in [-0.2, -0.15) is 4.98 Å². The second-order valence-corrected chi connectivity index (χ2v) is 3.81. The SMILES string of the molecule is CCCOCc1noc(-c2cc(O)cc(O)c2)n1. The van der Waals surface area contributed by atoms with E-state index in [0.717, 1.165) is 6.42 Å². The molecule has 2 N–H and O–H groups in total. The summed E-state index contributed by atoms with van der Waals surface area (Å²) in [6.07, 6.45) is 0.922. The molecule has 0 radical (unpaired) electrons. The minimum absolute atomic E-state index is 0.0630. The Labute approximate surface area is 104 Å². The molecule has 2 aromatic rings. The summed E-state index contributed by atoms with van der Waals surface area (Å²) in [5.74, 6) is 0.538. The molecule has 0 aliphatic heterocycles. The molecule has 0 saturated carbocycles. The Hall–Kier alpha value is -2.08. The van der Waals surface area contributed by atoms with Gasteiger partial charge in [-0.15, -0.1) is 0 Å². The molecule has 0 saturated heterocycles. The molecule has 96 valence electrons. The number of hydrogen-bond donors (Lipinski definition) is 2. The molecular weight excluding hydrogens is 236 g/mol. The first-order valence-corrected chi connectivity index (χ1v) is 5.62. The summed E-state index contributed by atoms with van der Waals surface area (Å²) in [7, 11) is 0. The van der Waals surface area contributed by atoms with Gasteiger partial charge in [-0.1, -0.05) is 12.1 Å². The molecule has 0 aliphatic carbocycles. The van der Waals surface area contributed by atoms with E-state index in [-0.39, 0.29) is 24.0 Å². The van der Waals surface area contributed by atoms with Crippen LogP contribution in [0.15, 0.2) is 22.7 Å². The minimum atomic E-state index is -0.0630. The van der Waals surface area contributed by atoms with Crippen LogP contribution in [0.25, 0.3) is 11.5 Å². The molecule has 0 fully saturated rings. The zero-order chi connectivity index (χ0) is 13.0. The highest BCUT2D eigenvalue weighted by Gasteiger charge is 2.10. The lowest BCUT2D eigenvalue weighted by Gasteiger charge is -1.98. The van der Waals surface area contributed by atoms with Gasteiger partial charge in [0.25, 0.3) is 5.89 Å². The summed E-state index contributed by atoms with van der Waals surface area (Å²) in [5.41, 5.74) is 0.460. The molecule has 0 unspecified atom stereocenters. The van der Waals surface area contributed by atoms with E-state index in [1.165, 1.54) is 18.2 Å². The number of benzene rings is 1. The van der Waals surface area contributed by atoms with E-state index >= 15 is 0 Å². The number of hydrogen-bond acceptors (Lipinski definition) is 6. The third-order valence-corrected chi connectivity index (χ3v) is 2.20. The van der Waals surface area contributed by atoms with Crippen LogP contribution < -0.4 is 0 Å². The largest absolute Gasteiger partial charge is 0.508 e. The van der Waals surface area contributed by atoms with Crippen LogP contribution in [0.5, 0.6) is 11.5 Å². The third-order valence-electron chi connectivity index (χ3n) is 2.20. The van der Waals surface area contributed by atoms with Crippen molar-refractivity contribution in [3.05, 3.63) is 24.0 Å². The van der Waals surface area contributed by atoms with Crippen molar-refractivity contribution < 1.29 is 19.5 Å². The van der Waals surface area contributed by atoms with E-state index in [0.29, 0.717) is 18.0 Å². The summed E-state index contributed by atoms with van der Waals surface area (Å²) in [6.45, 7) is 2.93. The molecule has 6 nitrogen and oxygen atoms in total. The normalized spacial score (nSPS) is 10.7. The first kappa shape index (κ1) is 12.4. The van der Waals surface area contributed by atoms with Gasteiger partial charge in [0.1, 0.15) is 18.1 Å². The lowest BCUT2D eigenvalue weighted by Crippen LogP contribution is -1.95. The summed E-state index contributed by atoms with van der Waals surface area (Å²) >= 11 is 0. The maximum atomic E-state index is 9.36. The molecule has 0 bridgehead atoms. The number of nitrogens with zero attached hydrogens (tertiary/aromatic N) is 2. The van der Waals surface area contributed by atoms with Crippen LogP contribution in [0.2, 0.25) is 0 Å². The predicted octanol–water partition coefficient (Wildman–Crippen LogP) is 2.07. The highest BCUT2D eigenvalue weighted by atomic mass is 16.5. The van der Waals surface area contributed by atoms with E-state index in [4.69, 9.17) is 9.26 Å². The van der Waals surface area contributed by atoms with E-state index in [9.17, 15) is 10.2 Å². The highest BCUT2D eigenvalue weighted by molar-refractivity contribution is 5.58. The van der Waals surface area contributed by atoms with Crippen LogP contribution in [0, 0.1) is 0 Å². The van der Waals surface area contributed by atoms with Crippen LogP contribution in [-0.2, 0) is 11.3 Å². The zero-order valence-corrected chi connectivity index (χ0v) is 9.96. The molecule has 0 amide bonds. The lowest BCUT2D eigenvalue weighted by atomic mass is 10.2. The van der Waals surface area contributed by atoms with Gasteiger partial charge in [0, 0.05) is 18.2 Å². The molecule has 0 atom stereocenters. The fourth-order valence-corrected chi connectivity index (χ4v) is 1.46. The number of phenols is 2. The Morgan fingerprint density at radius 3 is 2.61 bits per heavy atom. The van der Waals surface area contributed by atoms with Gasteiger partial charge >= 0.3 is 0 Å². The number of phenolic OH excluding ortho intramolecular Hbond substituents is 2. The van der Waals surface area contributed by atoms with E-state index in [1.54, 1.807) is 0 Å². The molecule has 1 aromatic heterocycles. The van der Waals surface area contributed by atoms with E-state index < -0.39 is 0 Å². The van der Waals surface area contributed by atoms with Crippen molar-refractivity contribution in [2.24, 2.45) is 0 Å². The van der Waals surface area contributed by atoms with Crippen molar-refractivity contribution in [3.63, 3.8) is 0 Å². The quantitative estimate of drug-likeness (QED) is 0.790. The molecule has 18 heavy (non-hydrogen) atoms. The van der Waals surface area contributed by atoms with E-state index in [1.807, 2.05) is 6.92 Å². The van der Waals surface area contributed by atoms with Crippen molar-refractivity contribution in [2.75, 3.05) is 6.61 Å². The smallest absolute Gasteiger partial charge is 0.258 e. The minimum Gasteiger partial charge on any atom is -0.508 e. The van der Waals surface area contributed by atoms with Crippen molar-refractivity contribution in [1.82, 2.24) is 10.1 Å². The van der Waals surface area contributed by atoms with Gasteiger partial charge in [0.05, 0.1) is 0 Å². The molecule has 0 aliphatic rings. The first-order valence-electron chi connectivity index (χ1n) is 5.62. The monoisotopic (exact) mass is 250 g/mol. The zero-order valence-electron chi connectivity index (χ0n) is 9.96. The van der Waals surface area contributed by atoms with Crippen LogP contribution in [0.1, 0.15) is 19.2 Å². The fourth-order valence-electron chi connectivity index (χ4n) is 1.46. The lowest BCUT2D eigenvalue weighted by molar-refractivity contribution is 0.114. The second-order valence-electron chi connectivity index (χ2n) is 3.81. The average molecular weight is 250 g/mol. The Morgan fingerprint density at radius 1 is 1.22 bits per heavy atom. The van der Waals surface area contributed by atoms with Crippen molar-refractivity contribution >= 4 is 0 Å². The number of aromatic nitrogens is 2. The first-order chi connectivity index (χ1) is 8.69. The van der Waals surface area contributed by atoms with Gasteiger partial charge in [-0.05, 0) is 18.6 Å². The van der Waals surface area contributed by atoms with Crippen LogP contribution in [0.3, 0.4) is 0 Å². The summed E-state index contributed by atoms with van der Waals surface area (Å²) in [4.78, 5) is 4.11. The maximum absolute atomic E-state index is 9.36. The Kier molecular flexibility index (Phi) is 3.78. The van der Waals surface area contributed by atoms with Crippen LogP contribution in [0.4, 0.5) is 0 Å².